The minimum Gasteiger partial charge on any atom is -0.493 e. The molecule has 1 amide bonds. The minimum atomic E-state index is -3.29. The van der Waals surface area contributed by atoms with Gasteiger partial charge in [-0.1, -0.05) is 6.07 Å². The lowest BCUT2D eigenvalue weighted by atomic mass is 10.0. The predicted molar refractivity (Wildman–Crippen MR) is 86.5 cm³/mol. The molecule has 7 nitrogen and oxygen atoms in total. The number of rotatable bonds is 5. The molecule has 0 bridgehead atoms. The summed E-state index contributed by atoms with van der Waals surface area (Å²) in [5.41, 5.74) is 0.409. The summed E-state index contributed by atoms with van der Waals surface area (Å²) in [4.78, 5) is 14.4. The van der Waals surface area contributed by atoms with Crippen molar-refractivity contribution in [1.82, 2.24) is 9.62 Å². The molecule has 1 fully saturated rings. The Hall–Kier alpha value is -1.80. The second-order valence-electron chi connectivity index (χ2n) is 5.52. The molecule has 0 aromatic heterocycles. The van der Waals surface area contributed by atoms with Crippen LogP contribution in [0.3, 0.4) is 0 Å². The first-order valence-corrected chi connectivity index (χ1v) is 9.22. The van der Waals surface area contributed by atoms with Crippen molar-refractivity contribution in [1.29, 1.82) is 0 Å². The van der Waals surface area contributed by atoms with E-state index >= 15 is 0 Å². The minimum absolute atomic E-state index is 0.194. The van der Waals surface area contributed by atoms with E-state index in [0.29, 0.717) is 36.6 Å². The highest BCUT2D eigenvalue weighted by molar-refractivity contribution is 7.88. The van der Waals surface area contributed by atoms with Gasteiger partial charge in [0.1, 0.15) is 0 Å². The molecule has 8 heteroatoms. The molecule has 0 aliphatic carbocycles. The predicted octanol–water partition coefficient (Wildman–Crippen LogP) is 0.858. The molecular formula is C15H22N2O5S. The number of carbonyl (C=O) groups excluding carboxylic acids is 1. The summed E-state index contributed by atoms with van der Waals surface area (Å²) in [6.07, 6.45) is 2.58. The molecule has 0 saturated carbocycles. The normalized spacial score (nSPS) is 18.6. The number of methoxy groups -OCH3 is 2. The van der Waals surface area contributed by atoms with Gasteiger partial charge in [-0.25, -0.2) is 13.1 Å². The van der Waals surface area contributed by atoms with Gasteiger partial charge in [0, 0.05) is 19.1 Å². The van der Waals surface area contributed by atoms with Crippen LogP contribution in [-0.2, 0) is 10.0 Å². The van der Waals surface area contributed by atoms with Crippen LogP contribution in [0.2, 0.25) is 0 Å². The maximum absolute atomic E-state index is 12.8. The number of para-hydroxylation sites is 1. The molecule has 0 radical (unpaired) electrons. The van der Waals surface area contributed by atoms with Gasteiger partial charge >= 0.3 is 0 Å². The fourth-order valence-corrected chi connectivity index (χ4v) is 3.58. The van der Waals surface area contributed by atoms with E-state index in [9.17, 15) is 13.2 Å². The van der Waals surface area contributed by atoms with Gasteiger partial charge in [0.25, 0.3) is 5.91 Å². The van der Waals surface area contributed by atoms with Crippen LogP contribution in [0.15, 0.2) is 18.2 Å². The second-order valence-corrected chi connectivity index (χ2v) is 7.30. The molecule has 0 unspecified atom stereocenters. The first kappa shape index (κ1) is 17.6. The van der Waals surface area contributed by atoms with E-state index in [2.05, 4.69) is 4.72 Å². The monoisotopic (exact) mass is 342 g/mol. The lowest BCUT2D eigenvalue weighted by molar-refractivity contribution is 0.0699. The van der Waals surface area contributed by atoms with Crippen LogP contribution in [0.5, 0.6) is 11.5 Å². The molecule has 1 N–H and O–H groups in total. The molecule has 1 atom stereocenters. The molecule has 0 spiro atoms. The number of sulfonamides is 1. The van der Waals surface area contributed by atoms with E-state index in [1.807, 2.05) is 0 Å². The van der Waals surface area contributed by atoms with E-state index in [1.54, 1.807) is 23.1 Å². The number of piperidine rings is 1. The molecule has 1 aliphatic heterocycles. The average Bonchev–Trinajstić information content (AvgIpc) is 2.51. The van der Waals surface area contributed by atoms with Gasteiger partial charge in [-0.3, -0.25) is 4.79 Å². The quantitative estimate of drug-likeness (QED) is 0.858. The van der Waals surface area contributed by atoms with E-state index in [4.69, 9.17) is 9.47 Å². The molecule has 1 saturated heterocycles. The van der Waals surface area contributed by atoms with Gasteiger partial charge in [-0.2, -0.15) is 0 Å². The zero-order chi connectivity index (χ0) is 17.0. The SMILES string of the molecule is COc1cccc(C(=O)N2CCC[C@@H](NS(C)(=O)=O)C2)c1OC. The third kappa shape index (κ3) is 4.35. The zero-order valence-corrected chi connectivity index (χ0v) is 14.4. The molecule has 128 valence electrons. The van der Waals surface area contributed by atoms with Crippen molar-refractivity contribution in [2.24, 2.45) is 0 Å². The van der Waals surface area contributed by atoms with Crippen molar-refractivity contribution in [2.75, 3.05) is 33.6 Å². The van der Waals surface area contributed by atoms with Crippen molar-refractivity contribution in [3.63, 3.8) is 0 Å². The number of benzene rings is 1. The fraction of sp³-hybridized carbons (Fsp3) is 0.533. The fourth-order valence-electron chi connectivity index (χ4n) is 2.79. The average molecular weight is 342 g/mol. The first-order chi connectivity index (χ1) is 10.9. The Balaban J connectivity index is 2.20. The lowest BCUT2D eigenvalue weighted by Gasteiger charge is -2.33. The second kappa shape index (κ2) is 7.18. The zero-order valence-electron chi connectivity index (χ0n) is 13.5. The summed E-state index contributed by atoms with van der Waals surface area (Å²) in [5, 5.41) is 0. The van der Waals surface area contributed by atoms with E-state index in [1.165, 1.54) is 14.2 Å². The highest BCUT2D eigenvalue weighted by Gasteiger charge is 2.28. The lowest BCUT2D eigenvalue weighted by Crippen LogP contribution is -2.49. The van der Waals surface area contributed by atoms with Crippen molar-refractivity contribution >= 4 is 15.9 Å². The van der Waals surface area contributed by atoms with E-state index in [0.717, 1.165) is 12.7 Å². The number of nitrogens with one attached hydrogen (secondary N) is 1. The molecule has 1 aromatic carbocycles. The van der Waals surface area contributed by atoms with Crippen molar-refractivity contribution in [3.05, 3.63) is 23.8 Å². The molecule has 23 heavy (non-hydrogen) atoms. The van der Waals surface area contributed by atoms with Crippen LogP contribution in [-0.4, -0.2) is 58.8 Å². The first-order valence-electron chi connectivity index (χ1n) is 7.33. The standard InChI is InChI=1S/C15H22N2O5S/c1-21-13-8-4-7-12(14(13)22-2)15(18)17-9-5-6-11(10-17)16-23(3,19)20/h4,7-8,11,16H,5-6,9-10H2,1-3H3/t11-/m1/s1. The third-order valence-electron chi connectivity index (χ3n) is 3.72. The maximum atomic E-state index is 12.8. The van der Waals surface area contributed by atoms with Crippen LogP contribution in [0.25, 0.3) is 0 Å². The van der Waals surface area contributed by atoms with E-state index in [-0.39, 0.29) is 11.9 Å². The number of carbonyl (C=O) groups is 1. The number of amides is 1. The topological polar surface area (TPSA) is 84.9 Å². The summed E-state index contributed by atoms with van der Waals surface area (Å²) in [5.74, 6) is 0.681. The molecule has 2 rings (SSSR count). The molecule has 1 aliphatic rings. The Morgan fingerprint density at radius 1 is 1.30 bits per heavy atom. The number of likely N-dealkylation sites (tertiary alicyclic amines) is 1. The molecular weight excluding hydrogens is 320 g/mol. The molecule has 1 heterocycles. The number of nitrogens with zero attached hydrogens (tertiary/aromatic N) is 1. The van der Waals surface area contributed by atoms with Crippen molar-refractivity contribution in [2.45, 2.75) is 18.9 Å². The van der Waals surface area contributed by atoms with Crippen LogP contribution in [0.1, 0.15) is 23.2 Å². The highest BCUT2D eigenvalue weighted by Crippen LogP contribution is 2.32. The molecule has 1 aromatic rings. The summed E-state index contributed by atoms with van der Waals surface area (Å²) in [6.45, 7) is 0.924. The largest absolute Gasteiger partial charge is 0.493 e. The Labute approximate surface area is 136 Å². The summed E-state index contributed by atoms with van der Waals surface area (Å²) < 4.78 is 35.8. The summed E-state index contributed by atoms with van der Waals surface area (Å²) in [6, 6.07) is 4.86. The number of hydrogen-bond acceptors (Lipinski definition) is 5. The van der Waals surface area contributed by atoms with Crippen molar-refractivity contribution < 1.29 is 22.7 Å². The van der Waals surface area contributed by atoms with Gasteiger partial charge in [0.15, 0.2) is 11.5 Å². The van der Waals surface area contributed by atoms with Crippen LogP contribution in [0, 0.1) is 0 Å². The van der Waals surface area contributed by atoms with Gasteiger partial charge in [-0.05, 0) is 25.0 Å². The van der Waals surface area contributed by atoms with Crippen LogP contribution < -0.4 is 14.2 Å². The Morgan fingerprint density at radius 3 is 2.65 bits per heavy atom. The summed E-state index contributed by atoms with van der Waals surface area (Å²) >= 11 is 0. The van der Waals surface area contributed by atoms with E-state index < -0.39 is 10.0 Å². The summed E-state index contributed by atoms with van der Waals surface area (Å²) in [7, 11) is -0.296. The van der Waals surface area contributed by atoms with Crippen LogP contribution in [0.4, 0.5) is 0 Å². The third-order valence-corrected chi connectivity index (χ3v) is 4.48. The van der Waals surface area contributed by atoms with Gasteiger partial charge < -0.3 is 14.4 Å². The van der Waals surface area contributed by atoms with Crippen molar-refractivity contribution in [3.8, 4) is 11.5 Å². The smallest absolute Gasteiger partial charge is 0.257 e. The maximum Gasteiger partial charge on any atom is 0.257 e. The number of ether oxygens (including phenoxy) is 2. The van der Waals surface area contributed by atoms with Crippen LogP contribution >= 0.6 is 0 Å². The number of hydrogen-bond donors (Lipinski definition) is 1. The Morgan fingerprint density at radius 2 is 2.04 bits per heavy atom. The van der Waals surface area contributed by atoms with Gasteiger partial charge in [0.2, 0.25) is 10.0 Å². The Kier molecular flexibility index (Phi) is 5.48. The van der Waals surface area contributed by atoms with Gasteiger partial charge in [0.05, 0.1) is 26.0 Å². The highest BCUT2D eigenvalue weighted by atomic mass is 32.2. The van der Waals surface area contributed by atoms with Gasteiger partial charge in [-0.15, -0.1) is 0 Å². The Bertz CT molecular complexity index is 674.